The molecule has 136 valence electrons. The smallest absolute Gasteiger partial charge is 0.167 e. The number of ether oxygens (including phenoxy) is 1. The van der Waals surface area contributed by atoms with E-state index in [1.807, 2.05) is 30.5 Å². The van der Waals surface area contributed by atoms with Crippen LogP contribution in [0.1, 0.15) is 30.9 Å². The number of rotatable bonds is 6. The predicted molar refractivity (Wildman–Crippen MR) is 97.6 cm³/mol. The zero-order chi connectivity index (χ0) is 18.2. The van der Waals surface area contributed by atoms with Gasteiger partial charge in [-0.1, -0.05) is 23.4 Å². The lowest BCUT2D eigenvalue weighted by molar-refractivity contribution is -0.0755. The quantitative estimate of drug-likeness (QED) is 0.709. The van der Waals surface area contributed by atoms with Crippen LogP contribution in [0, 0.1) is 0 Å². The van der Waals surface area contributed by atoms with Crippen molar-refractivity contribution in [3.8, 4) is 0 Å². The normalized spacial score (nSPS) is 16.6. The first-order valence-corrected chi connectivity index (χ1v) is 8.79. The average Bonchev–Trinajstić information content (AvgIpc) is 3.06. The van der Waals surface area contributed by atoms with Gasteiger partial charge in [0.25, 0.3) is 0 Å². The number of aliphatic hydroxyl groups is 1. The molecule has 4 rings (SSSR count). The Balaban J connectivity index is 1.45. The number of pyridine rings is 1. The van der Waals surface area contributed by atoms with Crippen LogP contribution in [-0.4, -0.2) is 34.0 Å². The van der Waals surface area contributed by atoms with Gasteiger partial charge in [-0.3, -0.25) is 4.98 Å². The summed E-state index contributed by atoms with van der Waals surface area (Å²) in [5.41, 5.74) is 1.75. The van der Waals surface area contributed by atoms with E-state index in [-0.39, 0.29) is 5.54 Å². The molecule has 3 heterocycles. The van der Waals surface area contributed by atoms with Crippen molar-refractivity contribution in [1.29, 1.82) is 0 Å². The van der Waals surface area contributed by atoms with Crippen LogP contribution in [0.25, 0.3) is 10.9 Å². The van der Waals surface area contributed by atoms with Gasteiger partial charge in [-0.15, -0.1) is 0 Å². The maximum atomic E-state index is 10.0. The fraction of sp³-hybridized carbons (Fsp3) is 0.400. The first-order chi connectivity index (χ1) is 12.4. The number of benzene rings is 1. The lowest BCUT2D eigenvalue weighted by atomic mass is 9.90. The third-order valence-electron chi connectivity index (χ3n) is 4.75. The maximum absolute atomic E-state index is 10.0. The fourth-order valence-electron chi connectivity index (χ4n) is 3.15. The van der Waals surface area contributed by atoms with Crippen LogP contribution in [0.15, 0.2) is 47.1 Å². The van der Waals surface area contributed by atoms with Crippen molar-refractivity contribution < 1.29 is 14.4 Å². The third kappa shape index (κ3) is 3.49. The van der Waals surface area contributed by atoms with E-state index in [1.165, 1.54) is 0 Å². The summed E-state index contributed by atoms with van der Waals surface area (Å²) in [4.78, 5) is 4.51. The van der Waals surface area contributed by atoms with Gasteiger partial charge < -0.3 is 19.7 Å². The Morgan fingerprint density at radius 2 is 2.04 bits per heavy atom. The zero-order valence-electron chi connectivity index (χ0n) is 15.0. The molecule has 1 aromatic carbocycles. The molecule has 26 heavy (non-hydrogen) atoms. The molecule has 0 spiro atoms. The minimum atomic E-state index is -1.03. The molecule has 1 aliphatic heterocycles. The Kier molecular flexibility index (Phi) is 4.26. The highest BCUT2D eigenvalue weighted by Gasteiger charge is 2.39. The summed E-state index contributed by atoms with van der Waals surface area (Å²) in [6, 6.07) is 12.1. The van der Waals surface area contributed by atoms with Gasteiger partial charge in [-0.25, -0.2) is 0 Å². The van der Waals surface area contributed by atoms with Crippen molar-refractivity contribution in [2.45, 2.75) is 38.0 Å². The van der Waals surface area contributed by atoms with E-state index in [4.69, 9.17) is 9.26 Å². The van der Waals surface area contributed by atoms with Gasteiger partial charge in [-0.2, -0.15) is 0 Å². The lowest BCUT2D eigenvalue weighted by Gasteiger charge is -2.42. The Labute approximate surface area is 152 Å². The Bertz CT molecular complexity index is 910. The Morgan fingerprint density at radius 1 is 1.23 bits per heavy atom. The first-order valence-electron chi connectivity index (χ1n) is 8.79. The van der Waals surface area contributed by atoms with Gasteiger partial charge in [0.05, 0.1) is 30.0 Å². The standard InChI is InChI=1S/C20H23N3O3/c1-19(2,24)18-8-16(23-26-18)9-20(12-25-13-20)22-11-14-7-15-5-3-4-6-17(15)21-10-14/h3-8,10,22,24H,9,11-13H2,1-2H3. The number of hydrogen-bond acceptors (Lipinski definition) is 6. The van der Waals surface area contributed by atoms with Gasteiger partial charge in [0.15, 0.2) is 5.76 Å². The largest absolute Gasteiger partial charge is 0.382 e. The SMILES string of the molecule is CC(C)(O)c1cc(CC2(NCc3cnc4ccccc4c3)COC2)no1. The van der Waals surface area contributed by atoms with Crippen LogP contribution in [0.5, 0.6) is 0 Å². The molecule has 0 saturated carbocycles. The first kappa shape index (κ1) is 17.1. The number of nitrogens with zero attached hydrogens (tertiary/aromatic N) is 2. The molecular weight excluding hydrogens is 330 g/mol. The summed E-state index contributed by atoms with van der Waals surface area (Å²) in [5, 5.41) is 18.9. The minimum absolute atomic E-state index is 0.167. The summed E-state index contributed by atoms with van der Waals surface area (Å²) >= 11 is 0. The molecule has 2 N–H and O–H groups in total. The summed E-state index contributed by atoms with van der Waals surface area (Å²) in [7, 11) is 0. The van der Waals surface area contributed by atoms with E-state index in [1.54, 1.807) is 13.8 Å². The summed E-state index contributed by atoms with van der Waals surface area (Å²) in [6.45, 7) is 5.32. The number of nitrogens with one attached hydrogen (secondary N) is 1. The third-order valence-corrected chi connectivity index (χ3v) is 4.75. The highest BCUT2D eigenvalue weighted by Crippen LogP contribution is 2.26. The summed E-state index contributed by atoms with van der Waals surface area (Å²) in [5.74, 6) is 0.474. The highest BCUT2D eigenvalue weighted by molar-refractivity contribution is 5.78. The van der Waals surface area contributed by atoms with Gasteiger partial charge >= 0.3 is 0 Å². The number of hydrogen-bond donors (Lipinski definition) is 2. The van der Waals surface area contributed by atoms with Gasteiger partial charge in [-0.05, 0) is 31.5 Å². The van der Waals surface area contributed by atoms with Gasteiger partial charge in [0.1, 0.15) is 5.60 Å². The highest BCUT2D eigenvalue weighted by atomic mass is 16.5. The van der Waals surface area contributed by atoms with Crippen molar-refractivity contribution in [1.82, 2.24) is 15.5 Å². The molecule has 0 unspecified atom stereocenters. The van der Waals surface area contributed by atoms with E-state index in [0.29, 0.717) is 31.9 Å². The summed E-state index contributed by atoms with van der Waals surface area (Å²) in [6.07, 6.45) is 2.60. The zero-order valence-corrected chi connectivity index (χ0v) is 15.0. The molecule has 3 aromatic rings. The Morgan fingerprint density at radius 3 is 2.73 bits per heavy atom. The van der Waals surface area contributed by atoms with Crippen molar-refractivity contribution in [3.63, 3.8) is 0 Å². The number of fused-ring (bicyclic) bond motifs is 1. The van der Waals surface area contributed by atoms with Crippen molar-refractivity contribution in [2.24, 2.45) is 0 Å². The van der Waals surface area contributed by atoms with E-state index in [0.717, 1.165) is 22.2 Å². The molecule has 0 amide bonds. The molecule has 1 aliphatic rings. The lowest BCUT2D eigenvalue weighted by Crippen LogP contribution is -2.61. The average molecular weight is 353 g/mol. The molecule has 6 nitrogen and oxygen atoms in total. The molecule has 0 aliphatic carbocycles. The summed E-state index contributed by atoms with van der Waals surface area (Å²) < 4.78 is 10.7. The van der Waals surface area contributed by atoms with Crippen LogP contribution >= 0.6 is 0 Å². The van der Waals surface area contributed by atoms with E-state index in [9.17, 15) is 5.11 Å². The van der Waals surface area contributed by atoms with Crippen LogP contribution in [-0.2, 0) is 23.3 Å². The molecule has 1 fully saturated rings. The molecular formula is C20H23N3O3. The fourth-order valence-corrected chi connectivity index (χ4v) is 3.15. The van der Waals surface area contributed by atoms with Crippen molar-refractivity contribution in [2.75, 3.05) is 13.2 Å². The van der Waals surface area contributed by atoms with Gasteiger partial charge in [0, 0.05) is 30.6 Å². The van der Waals surface area contributed by atoms with Gasteiger partial charge in [0.2, 0.25) is 0 Å². The van der Waals surface area contributed by atoms with Crippen LogP contribution in [0.2, 0.25) is 0 Å². The molecule has 6 heteroatoms. The number of para-hydroxylation sites is 1. The Hall–Kier alpha value is -2.28. The number of aromatic nitrogens is 2. The van der Waals surface area contributed by atoms with Crippen molar-refractivity contribution >= 4 is 10.9 Å². The minimum Gasteiger partial charge on any atom is -0.382 e. The van der Waals surface area contributed by atoms with Crippen LogP contribution in [0.4, 0.5) is 0 Å². The second kappa shape index (κ2) is 6.46. The maximum Gasteiger partial charge on any atom is 0.167 e. The second-order valence-electron chi connectivity index (χ2n) is 7.58. The topological polar surface area (TPSA) is 80.4 Å². The predicted octanol–water partition coefficient (Wildman–Crippen LogP) is 2.55. The second-order valence-corrected chi connectivity index (χ2v) is 7.58. The molecule has 0 atom stereocenters. The molecule has 2 aromatic heterocycles. The van der Waals surface area contributed by atoms with Crippen molar-refractivity contribution in [3.05, 3.63) is 59.6 Å². The van der Waals surface area contributed by atoms with E-state index >= 15 is 0 Å². The molecule has 1 saturated heterocycles. The molecule has 0 radical (unpaired) electrons. The molecule has 0 bridgehead atoms. The monoisotopic (exact) mass is 353 g/mol. The van der Waals surface area contributed by atoms with E-state index in [2.05, 4.69) is 27.6 Å². The van der Waals surface area contributed by atoms with Crippen LogP contribution < -0.4 is 5.32 Å². The van der Waals surface area contributed by atoms with E-state index < -0.39 is 5.60 Å². The van der Waals surface area contributed by atoms with Crippen LogP contribution in [0.3, 0.4) is 0 Å².